The average Bonchev–Trinajstić information content (AvgIpc) is 2.39. The standard InChI is InChI=1S/C13H7BrClF4NO3S/c14-11-6-9(20-24(21,22)13(17,18)19)1-2-12(11)23-10-4-7(15)3-8(16)5-10/h1-5H,6H2. The Morgan fingerprint density at radius 1 is 1.21 bits per heavy atom. The van der Waals surface area contributed by atoms with Crippen molar-refractivity contribution >= 4 is 43.3 Å². The molecule has 2 rings (SSSR count). The van der Waals surface area contributed by atoms with Gasteiger partial charge in [0.25, 0.3) is 0 Å². The topological polar surface area (TPSA) is 55.7 Å². The molecule has 0 spiro atoms. The SMILES string of the molecule is O=S(=O)(N=C1C=CC(Oc2cc(F)cc(Cl)c2)=C(Br)C1)C(F)(F)F. The summed E-state index contributed by atoms with van der Waals surface area (Å²) in [6, 6.07) is 3.47. The van der Waals surface area contributed by atoms with E-state index in [1.54, 1.807) is 0 Å². The lowest BCUT2D eigenvalue weighted by molar-refractivity contribution is -0.0435. The maximum absolute atomic E-state index is 13.2. The molecule has 0 N–H and O–H groups in total. The Morgan fingerprint density at radius 2 is 1.88 bits per heavy atom. The van der Waals surface area contributed by atoms with Crippen LogP contribution in [0.3, 0.4) is 0 Å². The van der Waals surface area contributed by atoms with Crippen molar-refractivity contribution in [3.63, 3.8) is 0 Å². The lowest BCUT2D eigenvalue weighted by atomic mass is 10.1. The van der Waals surface area contributed by atoms with E-state index in [-0.39, 0.29) is 33.1 Å². The number of nitrogens with zero attached hydrogens (tertiary/aromatic N) is 1. The first-order valence-corrected chi connectivity index (χ1v) is 8.70. The Bertz CT molecular complexity index is 842. The molecule has 130 valence electrons. The highest BCUT2D eigenvalue weighted by Crippen LogP contribution is 2.30. The van der Waals surface area contributed by atoms with E-state index in [9.17, 15) is 26.0 Å². The summed E-state index contributed by atoms with van der Waals surface area (Å²) < 4.78 is 80.5. The number of hydrogen-bond acceptors (Lipinski definition) is 3. The van der Waals surface area contributed by atoms with Crippen LogP contribution in [0.2, 0.25) is 5.02 Å². The molecule has 0 atom stereocenters. The van der Waals surface area contributed by atoms with Gasteiger partial charge in [0.2, 0.25) is 0 Å². The molecule has 1 aromatic carbocycles. The number of alkyl halides is 3. The van der Waals surface area contributed by atoms with Crippen LogP contribution in [-0.2, 0) is 10.0 Å². The number of benzene rings is 1. The number of allylic oxidation sites excluding steroid dienone is 3. The first-order valence-electron chi connectivity index (χ1n) is 6.09. The second-order valence-corrected chi connectivity index (χ2v) is 7.48. The Balaban J connectivity index is 2.22. The second-order valence-electron chi connectivity index (χ2n) is 4.49. The van der Waals surface area contributed by atoms with Crippen LogP contribution in [0.25, 0.3) is 0 Å². The van der Waals surface area contributed by atoms with E-state index in [0.29, 0.717) is 0 Å². The van der Waals surface area contributed by atoms with Crippen molar-refractivity contribution in [2.24, 2.45) is 4.40 Å². The largest absolute Gasteiger partial charge is 0.518 e. The molecule has 0 saturated heterocycles. The third kappa shape index (κ3) is 4.58. The zero-order valence-electron chi connectivity index (χ0n) is 11.4. The van der Waals surface area contributed by atoms with Gasteiger partial charge in [-0.05, 0) is 24.3 Å². The van der Waals surface area contributed by atoms with Gasteiger partial charge in [0.1, 0.15) is 17.3 Å². The van der Waals surface area contributed by atoms with E-state index in [4.69, 9.17) is 16.3 Å². The number of halogens is 6. The summed E-state index contributed by atoms with van der Waals surface area (Å²) in [4.78, 5) is 0. The molecule has 1 aliphatic carbocycles. The molecule has 24 heavy (non-hydrogen) atoms. The molecule has 11 heteroatoms. The monoisotopic (exact) mass is 447 g/mol. The van der Waals surface area contributed by atoms with Gasteiger partial charge in [-0.15, -0.1) is 0 Å². The molecule has 1 aromatic rings. The molecular formula is C13H7BrClF4NO3S. The van der Waals surface area contributed by atoms with Crippen LogP contribution in [0.15, 0.2) is 45.0 Å². The predicted octanol–water partition coefficient (Wildman–Crippen LogP) is 4.71. The summed E-state index contributed by atoms with van der Waals surface area (Å²) in [6.07, 6.45) is 2.02. The van der Waals surface area contributed by atoms with Crippen LogP contribution in [0.4, 0.5) is 17.6 Å². The van der Waals surface area contributed by atoms with Gasteiger partial charge in [0, 0.05) is 22.0 Å². The van der Waals surface area contributed by atoms with Crippen LogP contribution in [-0.4, -0.2) is 19.6 Å². The van der Waals surface area contributed by atoms with Crippen LogP contribution in [0.1, 0.15) is 6.42 Å². The highest BCUT2D eigenvalue weighted by atomic mass is 79.9. The Labute approximate surface area is 147 Å². The van der Waals surface area contributed by atoms with Crippen molar-refractivity contribution in [3.8, 4) is 5.75 Å². The number of sulfonamides is 1. The lowest BCUT2D eigenvalue weighted by Gasteiger charge is -2.14. The van der Waals surface area contributed by atoms with Crippen molar-refractivity contribution in [2.75, 3.05) is 0 Å². The van der Waals surface area contributed by atoms with Crippen LogP contribution in [0, 0.1) is 5.82 Å². The smallest absolute Gasteiger partial charge is 0.456 e. The van der Waals surface area contributed by atoms with Gasteiger partial charge in [0.05, 0.1) is 5.71 Å². The molecule has 0 amide bonds. The third-order valence-electron chi connectivity index (χ3n) is 2.62. The zero-order chi connectivity index (χ0) is 18.1. The molecule has 0 aliphatic heterocycles. The van der Waals surface area contributed by atoms with Gasteiger partial charge in [-0.25, -0.2) is 4.39 Å². The Kier molecular flexibility index (Phi) is 5.41. The minimum atomic E-state index is -5.62. The zero-order valence-corrected chi connectivity index (χ0v) is 14.6. The molecule has 0 aromatic heterocycles. The van der Waals surface area contributed by atoms with Gasteiger partial charge in [-0.2, -0.15) is 26.0 Å². The highest BCUT2D eigenvalue weighted by molar-refractivity contribution is 9.11. The highest BCUT2D eigenvalue weighted by Gasteiger charge is 2.46. The second kappa shape index (κ2) is 6.85. The van der Waals surface area contributed by atoms with Crippen molar-refractivity contribution in [1.82, 2.24) is 0 Å². The van der Waals surface area contributed by atoms with Gasteiger partial charge < -0.3 is 4.74 Å². The van der Waals surface area contributed by atoms with Crippen molar-refractivity contribution in [1.29, 1.82) is 0 Å². The summed E-state index contributed by atoms with van der Waals surface area (Å²) >= 11 is 8.75. The molecular weight excluding hydrogens is 442 g/mol. The first-order chi connectivity index (χ1) is 11.0. The van der Waals surface area contributed by atoms with E-state index in [0.717, 1.165) is 18.2 Å². The van der Waals surface area contributed by atoms with Crippen LogP contribution < -0.4 is 4.74 Å². The molecule has 0 fully saturated rings. The minimum absolute atomic E-state index is 0.0694. The fourth-order valence-corrected chi connectivity index (χ4v) is 2.89. The van der Waals surface area contributed by atoms with Gasteiger partial charge in [0.15, 0.2) is 0 Å². The van der Waals surface area contributed by atoms with Crippen LogP contribution in [0.5, 0.6) is 5.75 Å². The fourth-order valence-electron chi connectivity index (χ4n) is 1.64. The molecule has 0 unspecified atom stereocenters. The number of ether oxygens (including phenoxy) is 1. The molecule has 4 nitrogen and oxygen atoms in total. The number of rotatable bonds is 3. The van der Waals surface area contributed by atoms with Gasteiger partial charge >= 0.3 is 15.5 Å². The fraction of sp³-hybridized carbons (Fsp3) is 0.154. The van der Waals surface area contributed by atoms with E-state index in [1.807, 2.05) is 0 Å². The maximum Gasteiger partial charge on any atom is 0.518 e. The number of hydrogen-bond donors (Lipinski definition) is 0. The average molecular weight is 449 g/mol. The van der Waals surface area contributed by atoms with E-state index >= 15 is 0 Å². The molecule has 0 radical (unpaired) electrons. The van der Waals surface area contributed by atoms with E-state index < -0.39 is 21.3 Å². The Morgan fingerprint density at radius 3 is 2.42 bits per heavy atom. The predicted molar refractivity (Wildman–Crippen MR) is 84.2 cm³/mol. The molecule has 0 bridgehead atoms. The summed E-state index contributed by atoms with van der Waals surface area (Å²) in [7, 11) is -5.62. The minimum Gasteiger partial charge on any atom is -0.456 e. The van der Waals surface area contributed by atoms with Crippen LogP contribution >= 0.6 is 27.5 Å². The van der Waals surface area contributed by atoms with E-state index in [1.165, 1.54) is 12.1 Å². The van der Waals surface area contributed by atoms with Crippen molar-refractivity contribution < 1.29 is 30.7 Å². The first kappa shape index (κ1) is 18.9. The van der Waals surface area contributed by atoms with Crippen molar-refractivity contribution in [2.45, 2.75) is 11.9 Å². The normalized spacial score (nSPS) is 17.5. The summed E-state index contributed by atoms with van der Waals surface area (Å²) in [5, 5.41) is 0.0973. The van der Waals surface area contributed by atoms with E-state index in [2.05, 4.69) is 20.3 Å². The Hall–Kier alpha value is -1.39. The van der Waals surface area contributed by atoms with Gasteiger partial charge in [-0.1, -0.05) is 27.5 Å². The quantitative estimate of drug-likeness (QED) is 0.629. The maximum atomic E-state index is 13.2. The molecule has 0 saturated carbocycles. The lowest BCUT2D eigenvalue weighted by Crippen LogP contribution is -2.22. The van der Waals surface area contributed by atoms with Gasteiger partial charge in [-0.3, -0.25) is 0 Å². The molecule has 0 heterocycles. The summed E-state index contributed by atoms with van der Waals surface area (Å²) in [6.45, 7) is 0. The van der Waals surface area contributed by atoms with Crippen molar-refractivity contribution in [3.05, 3.63) is 51.4 Å². The summed E-state index contributed by atoms with van der Waals surface area (Å²) in [5.74, 6) is -0.410. The summed E-state index contributed by atoms with van der Waals surface area (Å²) in [5.41, 5.74) is -5.80. The molecule has 1 aliphatic rings. The third-order valence-corrected chi connectivity index (χ3v) is 4.57.